The quantitative estimate of drug-likeness (QED) is 0.333. The van der Waals surface area contributed by atoms with Gasteiger partial charge in [-0.1, -0.05) is 30.3 Å². The smallest absolute Gasteiger partial charge is 1.00 e. The molecule has 1 aliphatic rings. The Morgan fingerprint density at radius 1 is 1.21 bits per heavy atom. The number of rotatable bonds is 4. The Morgan fingerprint density at radius 3 is 2.52 bits per heavy atom. The van der Waals surface area contributed by atoms with Gasteiger partial charge in [-0.2, -0.15) is 13.2 Å². The number of alkyl halides is 3. The van der Waals surface area contributed by atoms with Gasteiger partial charge in [-0.05, 0) is 42.2 Å². The third-order valence-corrected chi connectivity index (χ3v) is 4.94. The molecule has 1 N–H and O–H groups in total. The van der Waals surface area contributed by atoms with Gasteiger partial charge in [-0.15, -0.1) is 6.58 Å². The number of para-hydroxylation sites is 1. The number of benzene rings is 2. The summed E-state index contributed by atoms with van der Waals surface area (Å²) in [6.07, 6.45) is -2.46. The number of fused-ring (bicyclic) bond motifs is 1. The van der Waals surface area contributed by atoms with Gasteiger partial charge in [-0.3, -0.25) is 4.79 Å². The predicted molar refractivity (Wildman–Crippen MR) is 97.8 cm³/mol. The van der Waals surface area contributed by atoms with Crippen LogP contribution in [0.4, 0.5) is 18.9 Å². The summed E-state index contributed by atoms with van der Waals surface area (Å²) < 4.78 is 46.1. The zero-order chi connectivity index (χ0) is 19.6. The van der Waals surface area contributed by atoms with Crippen LogP contribution in [-0.2, 0) is 17.4 Å². The van der Waals surface area contributed by atoms with Crippen molar-refractivity contribution in [3.8, 4) is 5.75 Å². The maximum Gasteiger partial charge on any atom is 1.00 e. The van der Waals surface area contributed by atoms with Crippen molar-refractivity contribution in [2.24, 2.45) is 5.92 Å². The summed E-state index contributed by atoms with van der Waals surface area (Å²) in [5, 5.41) is 2.68. The second-order valence-electron chi connectivity index (χ2n) is 6.50. The van der Waals surface area contributed by atoms with Crippen LogP contribution in [0, 0.1) is 5.92 Å². The van der Waals surface area contributed by atoms with Gasteiger partial charge in [-0.25, -0.2) is 0 Å². The van der Waals surface area contributed by atoms with Crippen LogP contribution in [0.5, 0.6) is 5.75 Å². The molecule has 0 saturated carbocycles. The van der Waals surface area contributed by atoms with Crippen molar-refractivity contribution in [3.05, 3.63) is 71.8 Å². The number of ether oxygens (including phenoxy) is 1. The Balaban J connectivity index is 0.00000210. The van der Waals surface area contributed by atoms with Crippen molar-refractivity contribution in [2.75, 3.05) is 12.4 Å². The van der Waals surface area contributed by atoms with Crippen LogP contribution >= 0.6 is 0 Å². The summed E-state index contributed by atoms with van der Waals surface area (Å²) in [7, 11) is 1.51. The average Bonchev–Trinajstić information content (AvgIpc) is 2.77. The minimum atomic E-state index is -4.50. The van der Waals surface area contributed by atoms with E-state index in [9.17, 15) is 18.0 Å². The first-order valence-corrected chi connectivity index (χ1v) is 8.60. The van der Waals surface area contributed by atoms with Crippen LogP contribution < -0.4 is 52.9 Å². The topological polar surface area (TPSA) is 38.3 Å². The minimum absolute atomic E-state index is 0. The molecule has 29 heavy (non-hydrogen) atoms. The summed E-state index contributed by atoms with van der Waals surface area (Å²) in [6.45, 7) is 3.71. The van der Waals surface area contributed by atoms with Crippen LogP contribution in [0.1, 0.15) is 29.0 Å². The van der Waals surface area contributed by atoms with E-state index in [0.717, 1.165) is 6.07 Å². The van der Waals surface area contributed by atoms with Gasteiger partial charge in [0.1, 0.15) is 5.75 Å². The number of amides is 1. The minimum Gasteiger partial charge on any atom is -1.00 e. The Morgan fingerprint density at radius 2 is 1.90 bits per heavy atom. The van der Waals surface area contributed by atoms with Gasteiger partial charge in [0.15, 0.2) is 0 Å². The first-order valence-electron chi connectivity index (χ1n) is 8.60. The third-order valence-electron chi connectivity index (χ3n) is 4.94. The summed E-state index contributed by atoms with van der Waals surface area (Å²) in [5.74, 6) is -0.780. The first kappa shape index (κ1) is 25.6. The van der Waals surface area contributed by atoms with Gasteiger partial charge in [0, 0.05) is 17.5 Å². The van der Waals surface area contributed by atoms with Crippen molar-refractivity contribution < 1.29 is 65.5 Å². The fourth-order valence-electron chi connectivity index (χ4n) is 3.71. The molecule has 0 aromatic heterocycles. The van der Waals surface area contributed by atoms with E-state index >= 15 is 0 Å². The van der Waals surface area contributed by atoms with E-state index < -0.39 is 23.6 Å². The number of methoxy groups -OCH3 is 1. The first-order chi connectivity index (χ1) is 12.9. The normalized spacial score (nSPS) is 18.3. The number of nitrogens with one attached hydrogen (secondary N) is 1. The molecule has 0 saturated heterocycles. The van der Waals surface area contributed by atoms with Crippen LogP contribution in [0.25, 0.3) is 0 Å². The molecule has 1 heterocycles. The molecule has 1 amide bonds. The second kappa shape index (κ2) is 10.6. The van der Waals surface area contributed by atoms with Gasteiger partial charge in [0.25, 0.3) is 0 Å². The van der Waals surface area contributed by atoms with Crippen molar-refractivity contribution >= 4 is 11.6 Å². The molecule has 150 valence electrons. The molecule has 2 atom stereocenters. The van der Waals surface area contributed by atoms with Crippen LogP contribution in [0.3, 0.4) is 0 Å². The van der Waals surface area contributed by atoms with Crippen LogP contribution in [0.15, 0.2) is 55.1 Å². The Labute approximate surface area is 197 Å². The Kier molecular flexibility index (Phi) is 9.32. The van der Waals surface area contributed by atoms with E-state index in [1.807, 2.05) is 0 Å². The third kappa shape index (κ3) is 5.39. The zero-order valence-corrected chi connectivity index (χ0v) is 18.4. The summed E-state index contributed by atoms with van der Waals surface area (Å²) in [6, 6.07) is 11.0. The number of carbonyl (C=O) groups excluding carboxylic acids is 1. The molecule has 3 nitrogen and oxygen atoms in total. The number of anilines is 1. The standard InChI is InChI=1S/C21H20F3NO2.HI.Li/c1-3-7-14-15(13-8-4-5-11-19(13)27-2)12-16-17(21(22,23)24)9-6-10-18(16)25-20(14)26;;/h3-6,8-11,14-15H,1,7,12H2,2H3,(H,25,26);1H;/q;;+1/p-1. The molecule has 2 aromatic rings. The molecule has 1 aliphatic heterocycles. The number of halogens is 4. The number of allylic oxidation sites excluding steroid dienone is 1. The monoisotopic (exact) mass is 509 g/mol. The summed E-state index contributed by atoms with van der Waals surface area (Å²) in [4.78, 5) is 12.8. The van der Waals surface area contributed by atoms with Gasteiger partial charge in [0.2, 0.25) is 5.91 Å². The second-order valence-corrected chi connectivity index (χ2v) is 6.50. The molecule has 3 rings (SSSR count). The van der Waals surface area contributed by atoms with Crippen molar-refractivity contribution in [2.45, 2.75) is 24.9 Å². The van der Waals surface area contributed by atoms with E-state index in [0.29, 0.717) is 17.7 Å². The van der Waals surface area contributed by atoms with E-state index in [4.69, 9.17) is 4.74 Å². The number of carbonyl (C=O) groups is 1. The fourth-order valence-corrected chi connectivity index (χ4v) is 3.71. The van der Waals surface area contributed by atoms with E-state index in [1.54, 1.807) is 30.3 Å². The molecular weight excluding hydrogens is 489 g/mol. The van der Waals surface area contributed by atoms with Crippen LogP contribution in [-0.4, -0.2) is 13.0 Å². The average molecular weight is 509 g/mol. The maximum absolute atomic E-state index is 13.6. The Bertz CT molecular complexity index is 873. The molecule has 2 unspecified atom stereocenters. The number of hydrogen-bond acceptors (Lipinski definition) is 2. The fraction of sp³-hybridized carbons (Fsp3) is 0.286. The molecule has 2 aromatic carbocycles. The van der Waals surface area contributed by atoms with Gasteiger partial charge in [0.05, 0.1) is 12.7 Å². The molecule has 0 spiro atoms. The van der Waals surface area contributed by atoms with Crippen molar-refractivity contribution in [1.29, 1.82) is 0 Å². The van der Waals surface area contributed by atoms with Crippen molar-refractivity contribution in [3.63, 3.8) is 0 Å². The van der Waals surface area contributed by atoms with E-state index in [-0.39, 0.29) is 66.4 Å². The Hall–Kier alpha value is -1.43. The maximum atomic E-state index is 13.6. The molecule has 0 bridgehead atoms. The zero-order valence-electron chi connectivity index (χ0n) is 16.2. The van der Waals surface area contributed by atoms with Crippen LogP contribution in [0.2, 0.25) is 0 Å². The summed E-state index contributed by atoms with van der Waals surface area (Å²) in [5.41, 5.74) is 0.299. The molecule has 0 radical (unpaired) electrons. The van der Waals surface area contributed by atoms with Gasteiger partial charge >= 0.3 is 25.0 Å². The molecule has 0 aliphatic carbocycles. The SMILES string of the molecule is C=CCC1C(=O)Nc2cccc(C(F)(F)F)c2CC1c1ccccc1OC.[I-].[Li+]. The van der Waals surface area contributed by atoms with E-state index in [1.165, 1.54) is 19.2 Å². The van der Waals surface area contributed by atoms with Crippen molar-refractivity contribution in [1.82, 2.24) is 0 Å². The molecule has 8 heteroatoms. The van der Waals surface area contributed by atoms with Gasteiger partial charge < -0.3 is 34.0 Å². The predicted octanol–water partition coefficient (Wildman–Crippen LogP) is -0.807. The van der Waals surface area contributed by atoms with E-state index in [2.05, 4.69) is 11.9 Å². The molecule has 0 fully saturated rings. The summed E-state index contributed by atoms with van der Waals surface area (Å²) >= 11 is 0. The number of hydrogen-bond donors (Lipinski definition) is 1. The largest absolute Gasteiger partial charge is 1.00 e. The molecular formula is C21H20F3ILiNO2.